The maximum Gasteiger partial charge on any atom is 0.412 e. The van der Waals surface area contributed by atoms with Crippen LogP contribution in [-0.4, -0.2) is 12.8 Å². The first-order valence-corrected chi connectivity index (χ1v) is 5.29. The third-order valence-electron chi connectivity index (χ3n) is 2.44. The van der Waals surface area contributed by atoms with Crippen LogP contribution in [-0.2, 0) is 11.3 Å². The molecule has 0 aliphatic rings. The summed E-state index contributed by atoms with van der Waals surface area (Å²) < 4.78 is 42.1. The van der Waals surface area contributed by atoms with E-state index in [9.17, 15) is 13.2 Å². The molecule has 0 spiro atoms. The summed E-state index contributed by atoms with van der Waals surface area (Å²) in [6, 6.07) is 9.32. The Labute approximate surface area is 98.9 Å². The minimum Gasteiger partial charge on any atom is -0.376 e. The van der Waals surface area contributed by atoms with E-state index in [0.29, 0.717) is 6.61 Å². The summed E-state index contributed by atoms with van der Waals surface area (Å²) in [4.78, 5) is 0. The van der Waals surface area contributed by atoms with E-state index >= 15 is 0 Å². The van der Waals surface area contributed by atoms with Crippen molar-refractivity contribution in [1.82, 2.24) is 0 Å². The predicted octanol–water partition coefficient (Wildman–Crippen LogP) is 3.96. The number of benzene rings is 1. The molecule has 0 saturated heterocycles. The molecule has 0 fully saturated rings. The summed E-state index contributed by atoms with van der Waals surface area (Å²) in [5.41, 5.74) is 0.197. The van der Waals surface area contributed by atoms with Crippen molar-refractivity contribution in [2.24, 2.45) is 5.92 Å². The van der Waals surface area contributed by atoms with Gasteiger partial charge in [-0.05, 0) is 5.56 Å². The topological polar surface area (TPSA) is 9.23 Å². The van der Waals surface area contributed by atoms with Crippen LogP contribution in [0.25, 0.3) is 0 Å². The minimum absolute atomic E-state index is 0.0211. The van der Waals surface area contributed by atoms with E-state index in [1.165, 1.54) is 6.92 Å². The SMILES string of the molecule is C=C(C(C)COCc1ccccc1)C(F)(F)F. The summed E-state index contributed by atoms with van der Waals surface area (Å²) in [5, 5.41) is 0. The van der Waals surface area contributed by atoms with Gasteiger partial charge in [0.1, 0.15) is 0 Å². The maximum atomic E-state index is 12.3. The monoisotopic (exact) mass is 244 g/mol. The van der Waals surface area contributed by atoms with Gasteiger partial charge >= 0.3 is 6.18 Å². The fourth-order valence-corrected chi connectivity index (χ4v) is 1.31. The van der Waals surface area contributed by atoms with Crippen molar-refractivity contribution in [3.63, 3.8) is 0 Å². The number of alkyl halides is 3. The lowest BCUT2D eigenvalue weighted by Crippen LogP contribution is -2.20. The van der Waals surface area contributed by atoms with Gasteiger partial charge in [0.2, 0.25) is 0 Å². The van der Waals surface area contributed by atoms with Crippen molar-refractivity contribution in [1.29, 1.82) is 0 Å². The molecule has 4 heteroatoms. The Kier molecular flexibility index (Phi) is 4.75. The number of rotatable bonds is 5. The molecule has 1 aromatic carbocycles. The summed E-state index contributed by atoms with van der Waals surface area (Å²) in [5.74, 6) is -0.723. The van der Waals surface area contributed by atoms with Crippen LogP contribution in [0, 0.1) is 5.92 Å². The molecule has 0 heterocycles. The number of hydrogen-bond acceptors (Lipinski definition) is 1. The molecule has 0 aliphatic heterocycles. The average Bonchev–Trinajstić information content (AvgIpc) is 2.28. The molecule has 94 valence electrons. The summed E-state index contributed by atoms with van der Waals surface area (Å²) in [6.45, 7) is 4.84. The highest BCUT2D eigenvalue weighted by molar-refractivity contribution is 5.13. The van der Waals surface area contributed by atoms with Gasteiger partial charge in [-0.25, -0.2) is 0 Å². The molecule has 1 rings (SSSR count). The molecular formula is C13H15F3O. The minimum atomic E-state index is -4.34. The lowest BCUT2D eigenvalue weighted by molar-refractivity contribution is -0.101. The fourth-order valence-electron chi connectivity index (χ4n) is 1.31. The Bertz CT molecular complexity index is 357. The van der Waals surface area contributed by atoms with Gasteiger partial charge in [0.15, 0.2) is 0 Å². The van der Waals surface area contributed by atoms with Gasteiger partial charge in [0.05, 0.1) is 13.2 Å². The largest absolute Gasteiger partial charge is 0.412 e. The second-order valence-corrected chi connectivity index (χ2v) is 3.92. The highest BCUT2D eigenvalue weighted by Gasteiger charge is 2.34. The van der Waals surface area contributed by atoms with Gasteiger partial charge < -0.3 is 4.74 Å². The molecule has 0 amide bonds. The molecule has 0 aromatic heterocycles. The quantitative estimate of drug-likeness (QED) is 0.712. The van der Waals surface area contributed by atoms with Gasteiger partial charge in [-0.3, -0.25) is 0 Å². The Morgan fingerprint density at radius 2 is 1.88 bits per heavy atom. The van der Waals surface area contributed by atoms with E-state index < -0.39 is 17.7 Å². The Hall–Kier alpha value is -1.29. The average molecular weight is 244 g/mol. The molecule has 0 radical (unpaired) electrons. The van der Waals surface area contributed by atoms with Crippen molar-refractivity contribution in [2.45, 2.75) is 19.7 Å². The Balaban J connectivity index is 2.35. The third kappa shape index (κ3) is 4.61. The lowest BCUT2D eigenvalue weighted by Gasteiger charge is -2.17. The summed E-state index contributed by atoms with van der Waals surface area (Å²) in [6.07, 6.45) is -4.34. The van der Waals surface area contributed by atoms with Gasteiger partial charge in [-0.2, -0.15) is 13.2 Å². The van der Waals surface area contributed by atoms with Crippen LogP contribution in [0.15, 0.2) is 42.5 Å². The molecule has 0 bridgehead atoms. The lowest BCUT2D eigenvalue weighted by atomic mass is 10.0. The second-order valence-electron chi connectivity index (χ2n) is 3.92. The van der Waals surface area contributed by atoms with Crippen LogP contribution in [0.1, 0.15) is 12.5 Å². The predicted molar refractivity (Wildman–Crippen MR) is 60.5 cm³/mol. The van der Waals surface area contributed by atoms with Crippen LogP contribution >= 0.6 is 0 Å². The zero-order chi connectivity index (χ0) is 12.9. The Morgan fingerprint density at radius 3 is 2.41 bits per heavy atom. The molecule has 0 N–H and O–H groups in total. The first kappa shape index (κ1) is 13.8. The first-order chi connectivity index (χ1) is 7.91. The molecule has 17 heavy (non-hydrogen) atoms. The first-order valence-electron chi connectivity index (χ1n) is 5.29. The van der Waals surface area contributed by atoms with Gasteiger partial charge in [-0.15, -0.1) is 0 Å². The summed E-state index contributed by atoms with van der Waals surface area (Å²) >= 11 is 0. The van der Waals surface area contributed by atoms with Crippen LogP contribution in [0.4, 0.5) is 13.2 Å². The zero-order valence-corrected chi connectivity index (χ0v) is 9.63. The van der Waals surface area contributed by atoms with Crippen molar-refractivity contribution in [3.05, 3.63) is 48.0 Å². The van der Waals surface area contributed by atoms with Crippen LogP contribution < -0.4 is 0 Å². The molecule has 1 unspecified atom stereocenters. The van der Waals surface area contributed by atoms with E-state index in [2.05, 4.69) is 6.58 Å². The van der Waals surface area contributed by atoms with Gasteiger partial charge in [0.25, 0.3) is 0 Å². The third-order valence-corrected chi connectivity index (χ3v) is 2.44. The van der Waals surface area contributed by atoms with E-state index in [1.807, 2.05) is 30.3 Å². The van der Waals surface area contributed by atoms with Crippen molar-refractivity contribution >= 4 is 0 Å². The highest BCUT2D eigenvalue weighted by atomic mass is 19.4. The fraction of sp³-hybridized carbons (Fsp3) is 0.385. The van der Waals surface area contributed by atoms with Crippen LogP contribution in [0.3, 0.4) is 0 Å². The standard InChI is InChI=1S/C13H15F3O/c1-10(11(2)13(14,15)16)8-17-9-12-6-4-3-5-7-12/h3-7,10H,2,8-9H2,1H3. The number of halogens is 3. The maximum absolute atomic E-state index is 12.3. The molecular weight excluding hydrogens is 229 g/mol. The second kappa shape index (κ2) is 5.87. The molecule has 1 aromatic rings. The van der Waals surface area contributed by atoms with Crippen molar-refractivity contribution in [2.75, 3.05) is 6.61 Å². The van der Waals surface area contributed by atoms with Crippen molar-refractivity contribution < 1.29 is 17.9 Å². The zero-order valence-electron chi connectivity index (χ0n) is 9.63. The van der Waals surface area contributed by atoms with E-state index in [1.54, 1.807) is 0 Å². The molecule has 0 saturated carbocycles. The Morgan fingerprint density at radius 1 is 1.29 bits per heavy atom. The van der Waals surface area contributed by atoms with Crippen LogP contribution in [0.5, 0.6) is 0 Å². The number of hydrogen-bond donors (Lipinski definition) is 0. The normalized spacial score (nSPS) is 13.4. The smallest absolute Gasteiger partial charge is 0.376 e. The summed E-state index contributed by atoms with van der Waals surface area (Å²) in [7, 11) is 0. The van der Waals surface area contributed by atoms with Gasteiger partial charge in [-0.1, -0.05) is 43.8 Å². The molecule has 1 atom stereocenters. The number of ether oxygens (including phenoxy) is 1. The highest BCUT2D eigenvalue weighted by Crippen LogP contribution is 2.29. The van der Waals surface area contributed by atoms with Crippen LogP contribution in [0.2, 0.25) is 0 Å². The van der Waals surface area contributed by atoms with E-state index in [-0.39, 0.29) is 6.61 Å². The van der Waals surface area contributed by atoms with E-state index in [4.69, 9.17) is 4.74 Å². The van der Waals surface area contributed by atoms with Crippen molar-refractivity contribution in [3.8, 4) is 0 Å². The van der Waals surface area contributed by atoms with Gasteiger partial charge in [0, 0.05) is 11.5 Å². The molecule has 0 aliphatic carbocycles. The van der Waals surface area contributed by atoms with E-state index in [0.717, 1.165) is 5.56 Å². The molecule has 1 nitrogen and oxygen atoms in total.